The lowest BCUT2D eigenvalue weighted by atomic mass is 10.0. The van der Waals surface area contributed by atoms with Gasteiger partial charge >= 0.3 is 5.97 Å². The molecular formula is C25H34O4. The van der Waals surface area contributed by atoms with Crippen LogP contribution in [-0.4, -0.2) is 29.4 Å². The highest BCUT2D eigenvalue weighted by molar-refractivity contribution is 5.88. The number of unbranched alkanes of at least 4 members (excludes halogenated alkanes) is 9. The van der Waals surface area contributed by atoms with Gasteiger partial charge in [-0.05, 0) is 48.2 Å². The maximum Gasteiger partial charge on any atom is 0.335 e. The standard InChI is InChI=1S/C25H34O4/c26-19-9-7-5-3-1-2-4-6-8-10-20-29-24-17-15-22(16-18-24)21-11-13-23(14-12-21)25(27)28/h11-18,26H,1-10,19-20H2,(H,27,28). The van der Waals surface area contributed by atoms with Gasteiger partial charge in [-0.25, -0.2) is 4.79 Å². The Labute approximate surface area is 174 Å². The Hall–Kier alpha value is -2.33. The van der Waals surface area contributed by atoms with Gasteiger partial charge in [-0.1, -0.05) is 75.6 Å². The van der Waals surface area contributed by atoms with Crippen LogP contribution in [0.3, 0.4) is 0 Å². The molecule has 0 heterocycles. The summed E-state index contributed by atoms with van der Waals surface area (Å²) in [6.07, 6.45) is 12.1. The van der Waals surface area contributed by atoms with Crippen molar-refractivity contribution < 1.29 is 19.7 Å². The number of rotatable bonds is 15. The summed E-state index contributed by atoms with van der Waals surface area (Å²) in [5.74, 6) is -0.0340. The van der Waals surface area contributed by atoms with Crippen LogP contribution in [0.15, 0.2) is 48.5 Å². The van der Waals surface area contributed by atoms with E-state index in [4.69, 9.17) is 14.9 Å². The third-order valence-electron chi connectivity index (χ3n) is 5.14. The molecule has 0 aliphatic carbocycles. The first kappa shape index (κ1) is 23.0. The van der Waals surface area contributed by atoms with Gasteiger partial charge in [-0.3, -0.25) is 0 Å². The molecule has 2 N–H and O–H groups in total. The predicted octanol–water partition coefficient (Wildman–Crippen LogP) is 6.32. The SMILES string of the molecule is O=C(O)c1ccc(-c2ccc(OCCCCCCCCCCCCO)cc2)cc1. The summed E-state index contributed by atoms with van der Waals surface area (Å²) in [6, 6.07) is 14.9. The van der Waals surface area contributed by atoms with E-state index in [1.807, 2.05) is 36.4 Å². The number of aliphatic hydroxyl groups excluding tert-OH is 1. The van der Waals surface area contributed by atoms with Crippen molar-refractivity contribution in [3.63, 3.8) is 0 Å². The number of benzene rings is 2. The van der Waals surface area contributed by atoms with Crippen molar-refractivity contribution in [1.82, 2.24) is 0 Å². The zero-order valence-corrected chi connectivity index (χ0v) is 17.3. The number of aromatic carboxylic acids is 1. The van der Waals surface area contributed by atoms with Crippen LogP contribution in [0.1, 0.15) is 74.6 Å². The molecule has 4 heteroatoms. The molecule has 0 amide bonds. The highest BCUT2D eigenvalue weighted by atomic mass is 16.5. The summed E-state index contributed by atoms with van der Waals surface area (Å²) in [5.41, 5.74) is 2.34. The Kier molecular flexibility index (Phi) is 10.9. The van der Waals surface area contributed by atoms with Crippen LogP contribution >= 0.6 is 0 Å². The molecule has 0 saturated heterocycles. The topological polar surface area (TPSA) is 66.8 Å². The van der Waals surface area contributed by atoms with Crippen molar-refractivity contribution in [3.8, 4) is 16.9 Å². The average Bonchev–Trinajstić information content (AvgIpc) is 2.75. The van der Waals surface area contributed by atoms with Gasteiger partial charge in [0.25, 0.3) is 0 Å². The first-order valence-electron chi connectivity index (χ1n) is 10.9. The molecule has 0 aliphatic rings. The second-order valence-electron chi connectivity index (χ2n) is 7.51. The van der Waals surface area contributed by atoms with E-state index in [1.54, 1.807) is 12.1 Å². The summed E-state index contributed by atoms with van der Waals surface area (Å²) in [6.45, 7) is 1.07. The minimum Gasteiger partial charge on any atom is -0.494 e. The second-order valence-corrected chi connectivity index (χ2v) is 7.51. The van der Waals surface area contributed by atoms with Crippen LogP contribution in [0.5, 0.6) is 5.75 Å². The normalized spacial score (nSPS) is 10.8. The molecule has 0 aliphatic heterocycles. The summed E-state index contributed by atoms with van der Waals surface area (Å²) in [7, 11) is 0. The smallest absolute Gasteiger partial charge is 0.335 e. The number of hydrogen-bond acceptors (Lipinski definition) is 3. The zero-order valence-electron chi connectivity index (χ0n) is 17.3. The highest BCUT2D eigenvalue weighted by Crippen LogP contribution is 2.23. The Bertz CT molecular complexity index is 692. The van der Waals surface area contributed by atoms with Crippen molar-refractivity contribution in [3.05, 3.63) is 54.1 Å². The molecule has 29 heavy (non-hydrogen) atoms. The lowest BCUT2D eigenvalue weighted by Gasteiger charge is -2.08. The first-order valence-corrected chi connectivity index (χ1v) is 10.9. The molecule has 0 radical (unpaired) electrons. The minimum absolute atomic E-state index is 0.298. The van der Waals surface area contributed by atoms with Gasteiger partial charge in [0, 0.05) is 6.61 Å². The fraction of sp³-hybridized carbons (Fsp3) is 0.480. The van der Waals surface area contributed by atoms with Gasteiger partial charge in [-0.15, -0.1) is 0 Å². The molecule has 4 nitrogen and oxygen atoms in total. The molecule has 0 saturated carbocycles. The molecule has 158 valence electrons. The molecule has 0 bridgehead atoms. The molecule has 2 rings (SSSR count). The Balaban J connectivity index is 1.55. The fourth-order valence-corrected chi connectivity index (χ4v) is 3.37. The summed E-state index contributed by atoms with van der Waals surface area (Å²) in [4.78, 5) is 10.9. The van der Waals surface area contributed by atoms with Crippen molar-refractivity contribution in [2.75, 3.05) is 13.2 Å². The van der Waals surface area contributed by atoms with Crippen LogP contribution in [0.2, 0.25) is 0 Å². The summed E-state index contributed by atoms with van der Waals surface area (Å²) < 4.78 is 5.83. The predicted molar refractivity (Wildman–Crippen MR) is 118 cm³/mol. The molecule has 2 aromatic carbocycles. The van der Waals surface area contributed by atoms with Crippen molar-refractivity contribution >= 4 is 5.97 Å². The van der Waals surface area contributed by atoms with Crippen LogP contribution in [-0.2, 0) is 0 Å². The van der Waals surface area contributed by atoms with E-state index < -0.39 is 5.97 Å². The third kappa shape index (κ3) is 9.14. The molecule has 0 aromatic heterocycles. The van der Waals surface area contributed by atoms with Gasteiger partial charge in [0.15, 0.2) is 0 Å². The molecular weight excluding hydrogens is 364 g/mol. The molecule has 0 spiro atoms. The van der Waals surface area contributed by atoms with Crippen LogP contribution in [0.25, 0.3) is 11.1 Å². The largest absolute Gasteiger partial charge is 0.494 e. The lowest BCUT2D eigenvalue weighted by molar-refractivity contribution is 0.0697. The van der Waals surface area contributed by atoms with Crippen molar-refractivity contribution in [1.29, 1.82) is 0 Å². The van der Waals surface area contributed by atoms with E-state index in [2.05, 4.69) is 0 Å². The first-order chi connectivity index (χ1) is 14.2. The van der Waals surface area contributed by atoms with Crippen LogP contribution < -0.4 is 4.74 Å². The fourth-order valence-electron chi connectivity index (χ4n) is 3.37. The Morgan fingerprint density at radius 3 is 1.59 bits per heavy atom. The Morgan fingerprint density at radius 2 is 1.10 bits per heavy atom. The molecule has 0 fully saturated rings. The maximum atomic E-state index is 10.9. The quantitative estimate of drug-likeness (QED) is 0.344. The monoisotopic (exact) mass is 398 g/mol. The van der Waals surface area contributed by atoms with Crippen LogP contribution in [0.4, 0.5) is 0 Å². The number of hydrogen-bond donors (Lipinski definition) is 2. The summed E-state index contributed by atoms with van der Waals surface area (Å²) >= 11 is 0. The number of aliphatic hydroxyl groups is 1. The highest BCUT2D eigenvalue weighted by Gasteiger charge is 2.03. The van der Waals surface area contributed by atoms with Crippen molar-refractivity contribution in [2.45, 2.75) is 64.2 Å². The number of carboxylic acids is 1. The van der Waals surface area contributed by atoms with Gasteiger partial charge in [0.1, 0.15) is 5.75 Å². The zero-order chi connectivity index (χ0) is 20.7. The number of carbonyl (C=O) groups is 1. The minimum atomic E-state index is -0.908. The molecule has 0 atom stereocenters. The van der Waals surface area contributed by atoms with Gasteiger partial charge < -0.3 is 14.9 Å². The van der Waals surface area contributed by atoms with Gasteiger partial charge in [-0.2, -0.15) is 0 Å². The number of carboxylic acid groups (broad SMARTS) is 1. The van der Waals surface area contributed by atoms with E-state index in [0.717, 1.165) is 42.7 Å². The van der Waals surface area contributed by atoms with E-state index in [9.17, 15) is 4.79 Å². The van der Waals surface area contributed by atoms with E-state index in [0.29, 0.717) is 12.2 Å². The van der Waals surface area contributed by atoms with Gasteiger partial charge in [0.2, 0.25) is 0 Å². The second kappa shape index (κ2) is 13.8. The van der Waals surface area contributed by atoms with E-state index in [-0.39, 0.29) is 0 Å². The molecule has 0 unspecified atom stereocenters. The third-order valence-corrected chi connectivity index (χ3v) is 5.14. The van der Waals surface area contributed by atoms with E-state index >= 15 is 0 Å². The van der Waals surface area contributed by atoms with Gasteiger partial charge in [0.05, 0.1) is 12.2 Å². The maximum absolute atomic E-state index is 10.9. The van der Waals surface area contributed by atoms with E-state index in [1.165, 1.54) is 44.9 Å². The van der Waals surface area contributed by atoms with Crippen LogP contribution in [0, 0.1) is 0 Å². The average molecular weight is 399 g/mol. The number of ether oxygens (including phenoxy) is 1. The lowest BCUT2D eigenvalue weighted by Crippen LogP contribution is -1.97. The molecule has 2 aromatic rings. The summed E-state index contributed by atoms with van der Waals surface area (Å²) in [5, 5.41) is 17.7. The van der Waals surface area contributed by atoms with Crippen molar-refractivity contribution in [2.24, 2.45) is 0 Å². The Morgan fingerprint density at radius 1 is 0.655 bits per heavy atom.